The summed E-state index contributed by atoms with van der Waals surface area (Å²) in [5, 5.41) is 1.88. The van der Waals surface area contributed by atoms with E-state index in [1.54, 1.807) is 6.07 Å². The van der Waals surface area contributed by atoms with Crippen molar-refractivity contribution in [3.63, 3.8) is 0 Å². The van der Waals surface area contributed by atoms with Crippen LogP contribution in [0.2, 0.25) is 15.2 Å². The summed E-state index contributed by atoms with van der Waals surface area (Å²) in [6.45, 7) is 0. The van der Waals surface area contributed by atoms with Gasteiger partial charge in [0, 0.05) is 4.90 Å². The molecule has 1 nitrogen and oxygen atoms in total. The second kappa shape index (κ2) is 5.53. The molecule has 0 radical (unpaired) electrons. The van der Waals surface area contributed by atoms with E-state index in [0.717, 1.165) is 11.3 Å². The van der Waals surface area contributed by atoms with Crippen LogP contribution in [0.25, 0.3) is 0 Å². The van der Waals surface area contributed by atoms with Crippen LogP contribution in [0.15, 0.2) is 34.2 Å². The monoisotopic (exact) mass is 329 g/mol. The lowest BCUT2D eigenvalue weighted by molar-refractivity contribution is 0.911. The van der Waals surface area contributed by atoms with Crippen LogP contribution in [0, 0.1) is 0 Å². The van der Waals surface area contributed by atoms with E-state index in [4.69, 9.17) is 34.8 Å². The predicted molar refractivity (Wildman–Crippen MR) is 81.9 cm³/mol. The maximum atomic E-state index is 6.14. The normalized spacial score (nSPS) is 13.6. The first kappa shape index (κ1) is 13.6. The number of aromatic nitrogens is 1. The van der Waals surface area contributed by atoms with Gasteiger partial charge in [-0.05, 0) is 48.6 Å². The Bertz CT molecular complexity index is 643. The molecule has 0 aliphatic heterocycles. The Morgan fingerprint density at radius 2 is 1.74 bits per heavy atom. The van der Waals surface area contributed by atoms with Crippen LogP contribution >= 0.6 is 46.6 Å². The number of hydrogen-bond acceptors (Lipinski definition) is 2. The van der Waals surface area contributed by atoms with E-state index in [1.807, 2.05) is 0 Å². The van der Waals surface area contributed by atoms with Crippen LogP contribution in [0.5, 0.6) is 0 Å². The molecule has 1 aromatic carbocycles. The lowest BCUT2D eigenvalue weighted by atomic mass is 10.1. The molecule has 1 heterocycles. The maximum absolute atomic E-state index is 6.14. The molecule has 1 aromatic heterocycles. The Morgan fingerprint density at radius 1 is 0.947 bits per heavy atom. The van der Waals surface area contributed by atoms with E-state index in [2.05, 4.69) is 23.2 Å². The fourth-order valence-electron chi connectivity index (χ4n) is 2.22. The molecular formula is C14H10Cl3NS. The van der Waals surface area contributed by atoms with Gasteiger partial charge in [-0.1, -0.05) is 52.6 Å². The molecule has 0 N–H and O–H groups in total. The van der Waals surface area contributed by atoms with Crippen molar-refractivity contribution in [1.29, 1.82) is 0 Å². The number of nitrogens with zero attached hydrogens (tertiary/aromatic N) is 1. The highest BCUT2D eigenvalue weighted by Gasteiger charge is 2.13. The van der Waals surface area contributed by atoms with Crippen LogP contribution in [-0.2, 0) is 12.8 Å². The number of halogens is 3. The van der Waals surface area contributed by atoms with E-state index in [9.17, 15) is 0 Å². The topological polar surface area (TPSA) is 12.9 Å². The summed E-state index contributed by atoms with van der Waals surface area (Å²) < 4.78 is 0. The largest absolute Gasteiger partial charge is 0.226 e. The first-order chi connectivity index (χ1) is 9.13. The van der Waals surface area contributed by atoms with E-state index in [0.29, 0.717) is 15.1 Å². The Morgan fingerprint density at radius 3 is 2.58 bits per heavy atom. The number of pyridine rings is 1. The standard InChI is InChI=1S/C14H10Cl3NS/c15-11-7-12(16)14(18-13(11)17)19-10-5-4-8-2-1-3-9(8)6-10/h4-7H,1-3H2. The Balaban J connectivity index is 1.91. The van der Waals surface area contributed by atoms with E-state index in [1.165, 1.54) is 35.7 Å². The molecule has 98 valence electrons. The zero-order valence-electron chi connectivity index (χ0n) is 9.92. The van der Waals surface area contributed by atoms with Gasteiger partial charge in [0.05, 0.1) is 10.0 Å². The van der Waals surface area contributed by atoms with Gasteiger partial charge >= 0.3 is 0 Å². The van der Waals surface area contributed by atoms with Crippen molar-refractivity contribution in [2.45, 2.75) is 29.2 Å². The van der Waals surface area contributed by atoms with Crippen molar-refractivity contribution in [2.24, 2.45) is 0 Å². The second-order valence-electron chi connectivity index (χ2n) is 4.43. The maximum Gasteiger partial charge on any atom is 0.149 e. The smallest absolute Gasteiger partial charge is 0.149 e. The molecule has 1 aliphatic rings. The minimum atomic E-state index is 0.287. The summed E-state index contributed by atoms with van der Waals surface area (Å²) in [6.07, 6.45) is 3.59. The van der Waals surface area contributed by atoms with Gasteiger partial charge in [-0.2, -0.15) is 0 Å². The molecule has 0 saturated carbocycles. The van der Waals surface area contributed by atoms with E-state index >= 15 is 0 Å². The molecule has 19 heavy (non-hydrogen) atoms. The van der Waals surface area contributed by atoms with Gasteiger partial charge in [0.2, 0.25) is 0 Å². The van der Waals surface area contributed by atoms with Crippen molar-refractivity contribution in [2.75, 3.05) is 0 Å². The molecule has 3 rings (SSSR count). The highest BCUT2D eigenvalue weighted by atomic mass is 35.5. The van der Waals surface area contributed by atoms with E-state index < -0.39 is 0 Å². The SMILES string of the molecule is Clc1cc(Cl)c(Sc2ccc3c(c2)CCC3)nc1Cl. The van der Waals surface area contributed by atoms with Crippen molar-refractivity contribution in [3.8, 4) is 0 Å². The third-order valence-electron chi connectivity index (χ3n) is 3.14. The molecule has 1 aliphatic carbocycles. The third-order valence-corrected chi connectivity index (χ3v) is 5.21. The minimum Gasteiger partial charge on any atom is -0.226 e. The first-order valence-corrected chi connectivity index (χ1v) is 7.90. The average molecular weight is 331 g/mol. The lowest BCUT2D eigenvalue weighted by Gasteiger charge is -2.07. The summed E-state index contributed by atoms with van der Waals surface area (Å²) in [7, 11) is 0. The minimum absolute atomic E-state index is 0.287. The van der Waals surface area contributed by atoms with Gasteiger partial charge in [0.1, 0.15) is 10.2 Å². The molecule has 0 fully saturated rings. The summed E-state index contributed by atoms with van der Waals surface area (Å²) in [4.78, 5) is 5.36. The molecule has 0 atom stereocenters. The van der Waals surface area contributed by atoms with Crippen molar-refractivity contribution in [3.05, 3.63) is 50.6 Å². The summed E-state index contributed by atoms with van der Waals surface area (Å²) in [5.74, 6) is 0. The molecule has 2 aromatic rings. The summed E-state index contributed by atoms with van der Waals surface area (Å²) in [6, 6.07) is 8.15. The van der Waals surface area contributed by atoms with Crippen molar-refractivity contribution < 1.29 is 0 Å². The molecular weight excluding hydrogens is 321 g/mol. The van der Waals surface area contributed by atoms with Crippen LogP contribution in [0.3, 0.4) is 0 Å². The van der Waals surface area contributed by atoms with Crippen LogP contribution in [-0.4, -0.2) is 4.98 Å². The Kier molecular flexibility index (Phi) is 3.95. The number of benzene rings is 1. The van der Waals surface area contributed by atoms with Gasteiger partial charge < -0.3 is 0 Å². The van der Waals surface area contributed by atoms with Gasteiger partial charge in [0.25, 0.3) is 0 Å². The van der Waals surface area contributed by atoms with Gasteiger partial charge in [-0.3, -0.25) is 0 Å². The fraction of sp³-hybridized carbons (Fsp3) is 0.214. The quantitative estimate of drug-likeness (QED) is 0.657. The number of rotatable bonds is 2. The highest BCUT2D eigenvalue weighted by Crippen LogP contribution is 2.37. The zero-order valence-corrected chi connectivity index (χ0v) is 13.0. The van der Waals surface area contributed by atoms with Crippen LogP contribution in [0.4, 0.5) is 0 Å². The van der Waals surface area contributed by atoms with Crippen molar-refractivity contribution >= 4 is 46.6 Å². The highest BCUT2D eigenvalue weighted by molar-refractivity contribution is 7.99. The summed E-state index contributed by atoms with van der Waals surface area (Å²) >= 11 is 19.5. The molecule has 0 amide bonds. The van der Waals surface area contributed by atoms with Crippen molar-refractivity contribution in [1.82, 2.24) is 4.98 Å². The number of hydrogen-bond donors (Lipinski definition) is 0. The van der Waals surface area contributed by atoms with Crippen LogP contribution < -0.4 is 0 Å². The fourth-order valence-corrected chi connectivity index (χ4v) is 3.74. The van der Waals surface area contributed by atoms with Gasteiger partial charge in [-0.25, -0.2) is 4.98 Å². The Labute approximate surface area is 131 Å². The first-order valence-electron chi connectivity index (χ1n) is 5.94. The summed E-state index contributed by atoms with van der Waals surface area (Å²) in [5.41, 5.74) is 2.89. The predicted octanol–water partition coefficient (Wildman–Crippen LogP) is 5.68. The average Bonchev–Trinajstić information content (AvgIpc) is 2.83. The molecule has 0 unspecified atom stereocenters. The molecule has 0 saturated heterocycles. The zero-order chi connectivity index (χ0) is 13.4. The molecule has 0 bridgehead atoms. The second-order valence-corrected chi connectivity index (χ2v) is 6.67. The third kappa shape index (κ3) is 2.87. The van der Waals surface area contributed by atoms with Gasteiger partial charge in [0.15, 0.2) is 0 Å². The van der Waals surface area contributed by atoms with Crippen LogP contribution in [0.1, 0.15) is 17.5 Å². The molecule has 0 spiro atoms. The number of aryl methyl sites for hydroxylation is 2. The van der Waals surface area contributed by atoms with Gasteiger partial charge in [-0.15, -0.1) is 0 Å². The van der Waals surface area contributed by atoms with E-state index in [-0.39, 0.29) is 5.15 Å². The molecule has 5 heteroatoms. The Hall–Kier alpha value is -0.410. The lowest BCUT2D eigenvalue weighted by Crippen LogP contribution is -1.86. The number of fused-ring (bicyclic) bond motifs is 1.